The van der Waals surface area contributed by atoms with Gasteiger partial charge in [-0.2, -0.15) is 0 Å². The first-order chi connectivity index (χ1) is 13.8. The Bertz CT molecular complexity index is 1100. The van der Waals surface area contributed by atoms with Crippen LogP contribution in [0.1, 0.15) is 33.3 Å². The van der Waals surface area contributed by atoms with E-state index in [0.29, 0.717) is 17.5 Å². The molecule has 0 fully saturated rings. The van der Waals surface area contributed by atoms with Gasteiger partial charge in [-0.1, -0.05) is 18.2 Å². The van der Waals surface area contributed by atoms with Gasteiger partial charge in [0.25, 0.3) is 5.91 Å². The van der Waals surface area contributed by atoms with Crippen molar-refractivity contribution in [3.8, 4) is 5.75 Å². The fourth-order valence-corrected chi connectivity index (χ4v) is 3.31. The zero-order valence-corrected chi connectivity index (χ0v) is 17.4. The van der Waals surface area contributed by atoms with Gasteiger partial charge >= 0.3 is 0 Å². The number of para-hydroxylation sites is 1. The van der Waals surface area contributed by atoms with Gasteiger partial charge in [-0.15, -0.1) is 0 Å². The molecule has 0 saturated carbocycles. The summed E-state index contributed by atoms with van der Waals surface area (Å²) in [5.74, 6) is 0.329. The maximum absolute atomic E-state index is 12.7. The molecule has 1 atom stereocenters. The first kappa shape index (κ1) is 20.6. The first-order valence-corrected chi connectivity index (χ1v) is 9.44. The zero-order valence-electron chi connectivity index (χ0n) is 17.4. The Morgan fingerprint density at radius 1 is 1.14 bits per heavy atom. The Morgan fingerprint density at radius 3 is 2.52 bits per heavy atom. The van der Waals surface area contributed by atoms with Gasteiger partial charge in [0.2, 0.25) is 0 Å². The van der Waals surface area contributed by atoms with Gasteiger partial charge in [-0.05, 0) is 57.3 Å². The molecule has 6 heteroatoms. The van der Waals surface area contributed by atoms with E-state index in [1.807, 2.05) is 57.1 Å². The molecule has 1 N–H and O–H groups in total. The van der Waals surface area contributed by atoms with E-state index in [9.17, 15) is 9.59 Å². The molecule has 0 aliphatic rings. The molecule has 152 valence electrons. The third kappa shape index (κ3) is 4.32. The lowest BCUT2D eigenvalue weighted by molar-refractivity contribution is 0.0914. The van der Waals surface area contributed by atoms with Crippen LogP contribution in [-0.2, 0) is 0 Å². The van der Waals surface area contributed by atoms with Crippen molar-refractivity contribution in [3.05, 3.63) is 75.1 Å². The van der Waals surface area contributed by atoms with Crippen LogP contribution in [0, 0.1) is 13.8 Å². The zero-order chi connectivity index (χ0) is 21.1. The molecule has 0 saturated heterocycles. The van der Waals surface area contributed by atoms with Crippen molar-refractivity contribution in [1.82, 2.24) is 10.2 Å². The Balaban J connectivity index is 1.85. The van der Waals surface area contributed by atoms with Crippen LogP contribution in [0.3, 0.4) is 0 Å². The minimum absolute atomic E-state index is 0.00304. The van der Waals surface area contributed by atoms with Gasteiger partial charge in [0.1, 0.15) is 11.3 Å². The quantitative estimate of drug-likeness (QED) is 0.693. The van der Waals surface area contributed by atoms with Gasteiger partial charge in [0, 0.05) is 18.2 Å². The Morgan fingerprint density at radius 2 is 1.83 bits per heavy atom. The monoisotopic (exact) mass is 394 g/mol. The van der Waals surface area contributed by atoms with E-state index >= 15 is 0 Å². The molecule has 3 rings (SSSR count). The van der Waals surface area contributed by atoms with E-state index in [4.69, 9.17) is 9.15 Å². The number of carbonyl (C=O) groups excluding carboxylic acids is 1. The highest BCUT2D eigenvalue weighted by molar-refractivity contribution is 5.93. The van der Waals surface area contributed by atoms with Crippen LogP contribution in [0.5, 0.6) is 5.75 Å². The van der Waals surface area contributed by atoms with Gasteiger partial charge < -0.3 is 19.4 Å². The number of hydrogen-bond acceptors (Lipinski definition) is 5. The number of amides is 1. The summed E-state index contributed by atoms with van der Waals surface area (Å²) < 4.78 is 11.2. The Hall–Kier alpha value is -3.12. The van der Waals surface area contributed by atoms with Crippen LogP contribution >= 0.6 is 0 Å². The molecule has 0 aliphatic carbocycles. The number of fused-ring (bicyclic) bond motifs is 1. The third-order valence-corrected chi connectivity index (χ3v) is 5.14. The van der Waals surface area contributed by atoms with Crippen molar-refractivity contribution in [1.29, 1.82) is 0 Å². The second-order valence-electron chi connectivity index (χ2n) is 7.34. The first-order valence-electron chi connectivity index (χ1n) is 9.44. The SMILES string of the molecule is COc1ccccc1[C@H](CNC(=O)c1cc(=O)c2cc(C)c(C)cc2o1)N(C)C. The van der Waals surface area contributed by atoms with Crippen LogP contribution in [0.4, 0.5) is 0 Å². The third-order valence-electron chi connectivity index (χ3n) is 5.14. The molecule has 1 aromatic heterocycles. The maximum atomic E-state index is 12.7. The van der Waals surface area contributed by atoms with Crippen LogP contribution in [0.15, 0.2) is 51.7 Å². The molecule has 0 radical (unpaired) electrons. The Kier molecular flexibility index (Phi) is 6.03. The van der Waals surface area contributed by atoms with E-state index in [0.717, 1.165) is 22.4 Å². The van der Waals surface area contributed by atoms with E-state index in [1.54, 1.807) is 19.2 Å². The number of ether oxygens (including phenoxy) is 1. The number of carbonyl (C=O) groups is 1. The van der Waals surface area contributed by atoms with Crippen molar-refractivity contribution in [2.24, 2.45) is 0 Å². The lowest BCUT2D eigenvalue weighted by Gasteiger charge is -2.26. The molecule has 0 bridgehead atoms. The number of nitrogens with one attached hydrogen (secondary N) is 1. The lowest BCUT2D eigenvalue weighted by atomic mass is 10.0. The topological polar surface area (TPSA) is 71.8 Å². The largest absolute Gasteiger partial charge is 0.496 e. The summed E-state index contributed by atoms with van der Waals surface area (Å²) in [7, 11) is 5.49. The maximum Gasteiger partial charge on any atom is 0.287 e. The van der Waals surface area contributed by atoms with Crippen LogP contribution in [0.2, 0.25) is 0 Å². The molecule has 29 heavy (non-hydrogen) atoms. The average Bonchev–Trinajstić information content (AvgIpc) is 2.69. The predicted molar refractivity (Wildman–Crippen MR) is 114 cm³/mol. The van der Waals surface area contributed by atoms with E-state index in [2.05, 4.69) is 5.32 Å². The molecular formula is C23H26N2O4. The van der Waals surface area contributed by atoms with Gasteiger partial charge in [-0.3, -0.25) is 9.59 Å². The van der Waals surface area contributed by atoms with Crippen molar-refractivity contribution >= 4 is 16.9 Å². The van der Waals surface area contributed by atoms with Crippen LogP contribution in [0.25, 0.3) is 11.0 Å². The highest BCUT2D eigenvalue weighted by atomic mass is 16.5. The number of likely N-dealkylation sites (N-methyl/N-ethyl adjacent to an activating group) is 1. The average molecular weight is 394 g/mol. The minimum atomic E-state index is -0.427. The van der Waals surface area contributed by atoms with E-state index in [-0.39, 0.29) is 17.2 Å². The van der Waals surface area contributed by atoms with E-state index in [1.165, 1.54) is 6.07 Å². The second kappa shape index (κ2) is 8.49. The summed E-state index contributed by atoms with van der Waals surface area (Å²) in [4.78, 5) is 27.2. The molecule has 1 amide bonds. The number of benzene rings is 2. The predicted octanol–water partition coefficient (Wildman–Crippen LogP) is 3.45. The van der Waals surface area contributed by atoms with Crippen molar-refractivity contribution < 1.29 is 13.9 Å². The van der Waals surface area contributed by atoms with Gasteiger partial charge in [-0.25, -0.2) is 0 Å². The molecular weight excluding hydrogens is 368 g/mol. The summed E-state index contributed by atoms with van der Waals surface area (Å²) in [6.07, 6.45) is 0. The van der Waals surface area contributed by atoms with Crippen LogP contribution in [-0.4, -0.2) is 38.6 Å². The normalized spacial score (nSPS) is 12.2. The molecule has 6 nitrogen and oxygen atoms in total. The summed E-state index contributed by atoms with van der Waals surface area (Å²) in [6, 6.07) is 12.4. The number of aryl methyl sites for hydroxylation is 2. The summed E-state index contributed by atoms with van der Waals surface area (Å²) in [5, 5.41) is 3.36. The number of nitrogens with zero attached hydrogens (tertiary/aromatic N) is 1. The summed E-state index contributed by atoms with van der Waals surface area (Å²) >= 11 is 0. The Labute approximate surface area is 170 Å². The summed E-state index contributed by atoms with van der Waals surface area (Å²) in [5.41, 5.74) is 3.16. The second-order valence-corrected chi connectivity index (χ2v) is 7.34. The lowest BCUT2D eigenvalue weighted by Crippen LogP contribution is -2.35. The fraction of sp³-hybridized carbons (Fsp3) is 0.304. The summed E-state index contributed by atoms with van der Waals surface area (Å²) in [6.45, 7) is 4.21. The molecule has 1 heterocycles. The van der Waals surface area contributed by atoms with Gasteiger partial charge in [0.05, 0.1) is 18.5 Å². The van der Waals surface area contributed by atoms with Gasteiger partial charge in [0.15, 0.2) is 11.2 Å². The van der Waals surface area contributed by atoms with E-state index < -0.39 is 5.91 Å². The molecule has 3 aromatic rings. The van der Waals surface area contributed by atoms with Crippen molar-refractivity contribution in [3.63, 3.8) is 0 Å². The molecule has 2 aromatic carbocycles. The fourth-order valence-electron chi connectivity index (χ4n) is 3.31. The van der Waals surface area contributed by atoms with Crippen LogP contribution < -0.4 is 15.5 Å². The molecule has 0 spiro atoms. The number of methoxy groups -OCH3 is 1. The highest BCUT2D eigenvalue weighted by Gasteiger charge is 2.20. The smallest absolute Gasteiger partial charge is 0.287 e. The van der Waals surface area contributed by atoms with Crippen molar-refractivity contribution in [2.45, 2.75) is 19.9 Å². The number of hydrogen-bond donors (Lipinski definition) is 1. The molecule has 0 aliphatic heterocycles. The minimum Gasteiger partial charge on any atom is -0.496 e. The van der Waals surface area contributed by atoms with Crippen molar-refractivity contribution in [2.75, 3.05) is 27.7 Å². The highest BCUT2D eigenvalue weighted by Crippen LogP contribution is 2.27. The standard InChI is InChI=1S/C23H26N2O4/c1-14-10-17-19(26)12-22(29-21(17)11-15(14)2)23(27)24-13-18(25(3)4)16-8-6-7-9-20(16)28-5/h6-12,18H,13H2,1-5H3,(H,24,27)/t18-/m0/s1. The molecule has 0 unspecified atom stereocenters. The number of rotatable bonds is 6.